The zero-order valence-electron chi connectivity index (χ0n) is 14.0. The second kappa shape index (κ2) is 9.86. The van der Waals surface area contributed by atoms with Crippen LogP contribution in [0.5, 0.6) is 0 Å². The Morgan fingerprint density at radius 3 is 2.19 bits per heavy atom. The number of carbonyl (C=O) groups excluding carboxylic acids is 3. The number of carboxylic acid groups (broad SMARTS) is 2. The van der Waals surface area contributed by atoms with E-state index in [1.807, 2.05) is 0 Å². The third-order valence-corrected chi connectivity index (χ3v) is 3.36. The molecule has 0 aliphatic carbocycles. The summed E-state index contributed by atoms with van der Waals surface area (Å²) >= 11 is 0. The van der Waals surface area contributed by atoms with Crippen LogP contribution in [0, 0.1) is 0 Å². The highest BCUT2D eigenvalue weighted by Gasteiger charge is 2.30. The minimum Gasteiger partial charge on any atom is -0.481 e. The first-order chi connectivity index (χ1) is 12.6. The van der Waals surface area contributed by atoms with Gasteiger partial charge in [-0.1, -0.05) is 0 Å². The maximum absolute atomic E-state index is 12.3. The Hall–Kier alpha value is -3.48. The molecule has 9 N–H and O–H groups in total. The van der Waals surface area contributed by atoms with E-state index in [4.69, 9.17) is 16.6 Å². The topological polar surface area (TPSA) is 231 Å². The fourth-order valence-electron chi connectivity index (χ4n) is 2.06. The van der Waals surface area contributed by atoms with Crippen LogP contribution >= 0.6 is 0 Å². The van der Waals surface area contributed by atoms with E-state index >= 15 is 0 Å². The van der Waals surface area contributed by atoms with Gasteiger partial charge in [0.05, 0.1) is 25.2 Å². The van der Waals surface area contributed by atoms with E-state index in [9.17, 15) is 29.1 Å². The van der Waals surface area contributed by atoms with E-state index in [1.54, 1.807) is 0 Å². The van der Waals surface area contributed by atoms with Crippen LogP contribution in [0.25, 0.3) is 0 Å². The van der Waals surface area contributed by atoms with Crippen LogP contribution in [0.2, 0.25) is 0 Å². The highest BCUT2D eigenvalue weighted by atomic mass is 16.4. The number of imidazole rings is 1. The van der Waals surface area contributed by atoms with E-state index in [2.05, 4.69) is 20.6 Å². The Morgan fingerprint density at radius 1 is 1.07 bits per heavy atom. The molecule has 0 unspecified atom stereocenters. The lowest BCUT2D eigenvalue weighted by molar-refractivity contribution is -0.143. The van der Waals surface area contributed by atoms with Gasteiger partial charge in [0.25, 0.3) is 0 Å². The van der Waals surface area contributed by atoms with Crippen LogP contribution in [-0.2, 0) is 30.4 Å². The Balaban J connectivity index is 2.82. The molecule has 0 fully saturated rings. The minimum absolute atomic E-state index is 0.143. The monoisotopic (exact) mass is 384 g/mol. The molecule has 1 rings (SSSR count). The van der Waals surface area contributed by atoms with Crippen molar-refractivity contribution in [3.63, 3.8) is 0 Å². The number of H-pyrrole nitrogens is 1. The molecule has 0 aliphatic rings. The first-order valence-corrected chi connectivity index (χ1v) is 7.66. The first-order valence-electron chi connectivity index (χ1n) is 7.66. The normalized spacial score (nSPS) is 13.8. The molecule has 13 nitrogen and oxygen atoms in total. The molecule has 1 aromatic heterocycles. The van der Waals surface area contributed by atoms with Gasteiger partial charge in [0.15, 0.2) is 0 Å². The standard InChI is InChI=1S/C14H20N6O7/c15-7(2-10(16)21)12(24)19-8(3-11(22)23)13(25)20-9(14(26)27)1-6-4-17-5-18-6/h4-5,7-9H,1-3,15H2,(H2,16,21)(H,17,18)(H,19,24)(H,20,25)(H,22,23)(H,26,27)/t7-,8-,9-/m0/s1. The third-order valence-electron chi connectivity index (χ3n) is 3.36. The number of nitrogens with two attached hydrogens (primary N) is 2. The highest BCUT2D eigenvalue weighted by Crippen LogP contribution is 2.02. The van der Waals surface area contributed by atoms with Crippen LogP contribution < -0.4 is 22.1 Å². The number of nitrogens with zero attached hydrogens (tertiary/aromatic N) is 1. The number of hydrogen-bond acceptors (Lipinski definition) is 7. The van der Waals surface area contributed by atoms with Gasteiger partial charge in [-0.3, -0.25) is 19.2 Å². The molecule has 0 saturated heterocycles. The Bertz CT molecular complexity index is 705. The molecule has 3 atom stereocenters. The predicted molar refractivity (Wildman–Crippen MR) is 87.8 cm³/mol. The van der Waals surface area contributed by atoms with Crippen molar-refractivity contribution in [1.82, 2.24) is 20.6 Å². The van der Waals surface area contributed by atoms with Crippen molar-refractivity contribution in [3.8, 4) is 0 Å². The van der Waals surface area contributed by atoms with Crippen molar-refractivity contribution in [2.45, 2.75) is 37.4 Å². The number of primary amides is 1. The Kier molecular flexibility index (Phi) is 7.88. The van der Waals surface area contributed by atoms with Crippen LogP contribution in [0.15, 0.2) is 12.5 Å². The SMILES string of the molecule is NC(=O)C[C@H](N)C(=O)N[C@@H](CC(=O)O)C(=O)N[C@@H](Cc1cnc[nH]1)C(=O)O. The smallest absolute Gasteiger partial charge is 0.326 e. The van der Waals surface area contributed by atoms with Gasteiger partial charge in [-0.15, -0.1) is 0 Å². The molecule has 1 aromatic rings. The summed E-state index contributed by atoms with van der Waals surface area (Å²) in [5.41, 5.74) is 10.8. The molecule has 0 aromatic carbocycles. The van der Waals surface area contributed by atoms with Crippen molar-refractivity contribution in [3.05, 3.63) is 18.2 Å². The summed E-state index contributed by atoms with van der Waals surface area (Å²) in [5.74, 6) is -5.66. The average Bonchev–Trinajstić information content (AvgIpc) is 3.05. The predicted octanol–water partition coefficient (Wildman–Crippen LogP) is -3.32. The maximum Gasteiger partial charge on any atom is 0.326 e. The number of carbonyl (C=O) groups is 5. The van der Waals surface area contributed by atoms with Crippen LogP contribution in [0.4, 0.5) is 0 Å². The van der Waals surface area contributed by atoms with Crippen LogP contribution in [0.1, 0.15) is 18.5 Å². The van der Waals surface area contributed by atoms with E-state index in [0.717, 1.165) is 0 Å². The molecular formula is C14H20N6O7. The molecule has 0 spiro atoms. The summed E-state index contributed by atoms with van der Waals surface area (Å²) < 4.78 is 0. The summed E-state index contributed by atoms with van der Waals surface area (Å²) in [6, 6.07) is -4.38. The van der Waals surface area contributed by atoms with E-state index in [-0.39, 0.29) is 6.42 Å². The van der Waals surface area contributed by atoms with Gasteiger partial charge in [0.2, 0.25) is 17.7 Å². The number of amides is 3. The van der Waals surface area contributed by atoms with E-state index in [1.165, 1.54) is 12.5 Å². The van der Waals surface area contributed by atoms with Gasteiger partial charge in [0.1, 0.15) is 12.1 Å². The van der Waals surface area contributed by atoms with Crippen LogP contribution in [-0.4, -0.2) is 68.0 Å². The molecule has 3 amide bonds. The summed E-state index contributed by atoms with van der Waals surface area (Å²) in [4.78, 5) is 63.7. The lowest BCUT2D eigenvalue weighted by Gasteiger charge is -2.21. The van der Waals surface area contributed by atoms with Crippen LogP contribution in [0.3, 0.4) is 0 Å². The zero-order valence-corrected chi connectivity index (χ0v) is 14.0. The lowest BCUT2D eigenvalue weighted by atomic mass is 10.1. The number of aromatic amines is 1. The lowest BCUT2D eigenvalue weighted by Crippen LogP contribution is -2.55. The van der Waals surface area contributed by atoms with Crippen molar-refractivity contribution < 1.29 is 34.2 Å². The number of aromatic nitrogens is 2. The highest BCUT2D eigenvalue weighted by molar-refractivity contribution is 5.95. The Morgan fingerprint density at radius 2 is 1.70 bits per heavy atom. The molecule has 0 saturated carbocycles. The number of hydrogen-bond donors (Lipinski definition) is 7. The third kappa shape index (κ3) is 7.52. The Labute approximate surface area is 152 Å². The average molecular weight is 384 g/mol. The van der Waals surface area contributed by atoms with Gasteiger partial charge in [-0.05, 0) is 0 Å². The summed E-state index contributed by atoms with van der Waals surface area (Å²) in [5, 5.41) is 22.4. The zero-order chi connectivity index (χ0) is 20.6. The molecular weight excluding hydrogens is 364 g/mol. The molecule has 148 valence electrons. The van der Waals surface area contributed by atoms with Gasteiger partial charge < -0.3 is 37.3 Å². The molecule has 0 aliphatic heterocycles. The van der Waals surface area contributed by atoms with Gasteiger partial charge >= 0.3 is 11.9 Å². The molecule has 13 heteroatoms. The van der Waals surface area contributed by atoms with Crippen molar-refractivity contribution >= 4 is 29.7 Å². The second-order valence-corrected chi connectivity index (χ2v) is 5.62. The number of carboxylic acids is 2. The second-order valence-electron chi connectivity index (χ2n) is 5.62. The van der Waals surface area contributed by atoms with E-state index in [0.29, 0.717) is 5.69 Å². The number of nitrogens with one attached hydrogen (secondary N) is 3. The summed E-state index contributed by atoms with van der Waals surface area (Å²) in [7, 11) is 0. The largest absolute Gasteiger partial charge is 0.481 e. The van der Waals surface area contributed by atoms with Crippen molar-refractivity contribution in [1.29, 1.82) is 0 Å². The maximum atomic E-state index is 12.3. The molecule has 0 bridgehead atoms. The van der Waals surface area contributed by atoms with Gasteiger partial charge in [-0.25, -0.2) is 9.78 Å². The van der Waals surface area contributed by atoms with E-state index < -0.39 is 60.6 Å². The molecule has 0 radical (unpaired) electrons. The molecule has 27 heavy (non-hydrogen) atoms. The quantitative estimate of drug-likeness (QED) is 0.202. The number of rotatable bonds is 11. The van der Waals surface area contributed by atoms with Crippen molar-refractivity contribution in [2.75, 3.05) is 0 Å². The van der Waals surface area contributed by atoms with Gasteiger partial charge in [-0.2, -0.15) is 0 Å². The van der Waals surface area contributed by atoms with Gasteiger partial charge in [0, 0.05) is 18.3 Å². The summed E-state index contributed by atoms with van der Waals surface area (Å²) in [6.45, 7) is 0. The fraction of sp³-hybridized carbons (Fsp3) is 0.429. The van der Waals surface area contributed by atoms with Crippen molar-refractivity contribution in [2.24, 2.45) is 11.5 Å². The summed E-state index contributed by atoms with van der Waals surface area (Å²) in [6.07, 6.45) is 1.21. The number of aliphatic carboxylic acids is 2. The fourth-order valence-corrected chi connectivity index (χ4v) is 2.06. The molecule has 1 heterocycles. The minimum atomic E-state index is -1.60. The first kappa shape index (κ1) is 21.6.